The zero-order valence-corrected chi connectivity index (χ0v) is 15.6. The van der Waals surface area contributed by atoms with E-state index in [2.05, 4.69) is 5.32 Å². The molecule has 2 N–H and O–H groups in total. The van der Waals surface area contributed by atoms with E-state index >= 15 is 0 Å². The molecule has 0 spiro atoms. The zero-order valence-electron chi connectivity index (χ0n) is 15.6. The van der Waals surface area contributed by atoms with E-state index in [9.17, 15) is 14.7 Å². The molecule has 1 aliphatic heterocycles. The van der Waals surface area contributed by atoms with E-state index in [0.29, 0.717) is 13.1 Å². The quantitative estimate of drug-likeness (QED) is 0.820. The van der Waals surface area contributed by atoms with Gasteiger partial charge in [-0.05, 0) is 43.2 Å². The standard InChI is InChI=1S/C21H24N2O4/c1-14-3-8-19(24)18(11-14)21(26)22-16-12-20(25)23(13-16)10-9-15-4-6-17(27-2)7-5-15/h3-8,11,16,24H,9-10,12-13H2,1-2H3,(H,22,26). The lowest BCUT2D eigenvalue weighted by atomic mass is 10.1. The second-order valence-corrected chi connectivity index (χ2v) is 6.83. The number of carbonyl (C=O) groups is 2. The number of phenolic OH excluding ortho intramolecular Hbond substituents is 1. The molecule has 1 heterocycles. The number of nitrogens with zero attached hydrogens (tertiary/aromatic N) is 1. The van der Waals surface area contributed by atoms with Crippen molar-refractivity contribution < 1.29 is 19.4 Å². The van der Waals surface area contributed by atoms with E-state index in [0.717, 1.165) is 23.3 Å². The SMILES string of the molecule is COc1ccc(CCN2CC(NC(=O)c3cc(C)ccc3O)CC2=O)cc1. The molecule has 1 unspecified atom stereocenters. The van der Waals surface area contributed by atoms with Crippen LogP contribution in [0.4, 0.5) is 0 Å². The number of benzene rings is 2. The number of hydrogen-bond acceptors (Lipinski definition) is 4. The summed E-state index contributed by atoms with van der Waals surface area (Å²) in [5.41, 5.74) is 2.25. The summed E-state index contributed by atoms with van der Waals surface area (Å²) < 4.78 is 5.14. The lowest BCUT2D eigenvalue weighted by Crippen LogP contribution is -2.37. The number of aryl methyl sites for hydroxylation is 1. The summed E-state index contributed by atoms with van der Waals surface area (Å²) in [6, 6.07) is 12.4. The van der Waals surface area contributed by atoms with Crippen molar-refractivity contribution in [1.82, 2.24) is 10.2 Å². The van der Waals surface area contributed by atoms with E-state index in [-0.39, 0.29) is 35.6 Å². The third-order valence-electron chi connectivity index (χ3n) is 4.78. The van der Waals surface area contributed by atoms with Crippen LogP contribution in [-0.2, 0) is 11.2 Å². The first kappa shape index (κ1) is 18.8. The topological polar surface area (TPSA) is 78.9 Å². The fraction of sp³-hybridized carbons (Fsp3) is 0.333. The summed E-state index contributed by atoms with van der Waals surface area (Å²) >= 11 is 0. The molecule has 1 aliphatic rings. The van der Waals surface area contributed by atoms with E-state index in [1.807, 2.05) is 31.2 Å². The molecular formula is C21H24N2O4. The minimum atomic E-state index is -0.356. The van der Waals surface area contributed by atoms with Gasteiger partial charge in [-0.25, -0.2) is 0 Å². The lowest BCUT2D eigenvalue weighted by molar-refractivity contribution is -0.127. The Bertz CT molecular complexity index is 833. The summed E-state index contributed by atoms with van der Waals surface area (Å²) in [7, 11) is 1.63. The minimum Gasteiger partial charge on any atom is -0.507 e. The number of amides is 2. The largest absolute Gasteiger partial charge is 0.507 e. The van der Waals surface area contributed by atoms with Gasteiger partial charge in [0.1, 0.15) is 11.5 Å². The van der Waals surface area contributed by atoms with Crippen LogP contribution >= 0.6 is 0 Å². The molecule has 6 heteroatoms. The van der Waals surface area contributed by atoms with Gasteiger partial charge < -0.3 is 20.1 Å². The van der Waals surface area contributed by atoms with Crippen LogP contribution in [0.2, 0.25) is 0 Å². The molecule has 2 aromatic rings. The average Bonchev–Trinajstić information content (AvgIpc) is 3.01. The molecule has 0 aliphatic carbocycles. The highest BCUT2D eigenvalue weighted by molar-refractivity contribution is 5.97. The fourth-order valence-electron chi connectivity index (χ4n) is 3.24. The van der Waals surface area contributed by atoms with Gasteiger partial charge in [0.15, 0.2) is 0 Å². The molecular weight excluding hydrogens is 344 g/mol. The van der Waals surface area contributed by atoms with E-state index < -0.39 is 0 Å². The number of rotatable bonds is 6. The number of methoxy groups -OCH3 is 1. The Hall–Kier alpha value is -3.02. The van der Waals surface area contributed by atoms with Gasteiger partial charge in [0.25, 0.3) is 5.91 Å². The molecule has 0 radical (unpaired) electrons. The molecule has 0 saturated carbocycles. The molecule has 6 nitrogen and oxygen atoms in total. The van der Waals surface area contributed by atoms with Crippen molar-refractivity contribution in [3.05, 3.63) is 59.2 Å². The van der Waals surface area contributed by atoms with Gasteiger partial charge in [0.05, 0.1) is 18.7 Å². The molecule has 0 bridgehead atoms. The number of hydrogen-bond donors (Lipinski definition) is 2. The van der Waals surface area contributed by atoms with Gasteiger partial charge in [-0.1, -0.05) is 23.8 Å². The summed E-state index contributed by atoms with van der Waals surface area (Å²) in [6.45, 7) is 2.94. The van der Waals surface area contributed by atoms with Crippen LogP contribution < -0.4 is 10.1 Å². The third kappa shape index (κ3) is 4.58. The smallest absolute Gasteiger partial charge is 0.255 e. The second-order valence-electron chi connectivity index (χ2n) is 6.83. The summed E-state index contributed by atoms with van der Waals surface area (Å²) in [6.07, 6.45) is 1.02. The molecule has 3 rings (SSSR count). The van der Waals surface area contributed by atoms with Gasteiger partial charge in [-0.2, -0.15) is 0 Å². The first-order valence-electron chi connectivity index (χ1n) is 8.97. The van der Waals surface area contributed by atoms with Crippen molar-refractivity contribution in [2.75, 3.05) is 20.2 Å². The summed E-state index contributed by atoms with van der Waals surface area (Å²) in [4.78, 5) is 26.4. The monoisotopic (exact) mass is 368 g/mol. The van der Waals surface area contributed by atoms with E-state index in [4.69, 9.17) is 4.74 Å². The molecule has 142 valence electrons. The predicted molar refractivity (Wildman–Crippen MR) is 102 cm³/mol. The van der Waals surface area contributed by atoms with Crippen LogP contribution in [0.15, 0.2) is 42.5 Å². The number of carbonyl (C=O) groups excluding carboxylic acids is 2. The molecule has 1 saturated heterocycles. The van der Waals surface area contributed by atoms with Gasteiger partial charge in [-0.3, -0.25) is 9.59 Å². The van der Waals surface area contributed by atoms with Crippen LogP contribution in [-0.4, -0.2) is 48.1 Å². The summed E-state index contributed by atoms with van der Waals surface area (Å²) in [5, 5.41) is 12.7. The maximum atomic E-state index is 12.4. The maximum Gasteiger partial charge on any atom is 0.255 e. The summed E-state index contributed by atoms with van der Waals surface area (Å²) in [5.74, 6) is 0.422. The fourth-order valence-corrected chi connectivity index (χ4v) is 3.24. The van der Waals surface area contributed by atoms with E-state index in [1.165, 1.54) is 6.07 Å². The van der Waals surface area contributed by atoms with Crippen molar-refractivity contribution in [3.8, 4) is 11.5 Å². The Morgan fingerprint density at radius 3 is 2.70 bits per heavy atom. The van der Waals surface area contributed by atoms with Gasteiger partial charge >= 0.3 is 0 Å². The molecule has 2 aromatic carbocycles. The van der Waals surface area contributed by atoms with Crippen molar-refractivity contribution in [3.63, 3.8) is 0 Å². The third-order valence-corrected chi connectivity index (χ3v) is 4.78. The average molecular weight is 368 g/mol. The van der Waals surface area contributed by atoms with Crippen molar-refractivity contribution in [1.29, 1.82) is 0 Å². The second kappa shape index (κ2) is 8.12. The minimum absolute atomic E-state index is 0.0299. The van der Waals surface area contributed by atoms with Crippen LogP contribution in [0, 0.1) is 6.92 Å². The molecule has 1 atom stereocenters. The Labute approximate surface area is 158 Å². The highest BCUT2D eigenvalue weighted by Crippen LogP contribution is 2.20. The Balaban J connectivity index is 1.55. The zero-order chi connectivity index (χ0) is 19.4. The number of nitrogens with one attached hydrogen (secondary N) is 1. The predicted octanol–water partition coefficient (Wildman–Crippen LogP) is 2.28. The number of aromatic hydroxyl groups is 1. The van der Waals surface area contributed by atoms with Crippen LogP contribution in [0.1, 0.15) is 27.9 Å². The molecule has 2 amide bonds. The van der Waals surface area contributed by atoms with Crippen LogP contribution in [0.25, 0.3) is 0 Å². The number of ether oxygens (including phenoxy) is 1. The van der Waals surface area contributed by atoms with Gasteiger partial charge in [0, 0.05) is 19.5 Å². The van der Waals surface area contributed by atoms with Gasteiger partial charge in [0.2, 0.25) is 5.91 Å². The van der Waals surface area contributed by atoms with Crippen LogP contribution in [0.3, 0.4) is 0 Å². The molecule has 27 heavy (non-hydrogen) atoms. The number of phenols is 1. The lowest BCUT2D eigenvalue weighted by Gasteiger charge is -2.17. The first-order chi connectivity index (χ1) is 13.0. The first-order valence-corrected chi connectivity index (χ1v) is 8.97. The molecule has 1 fully saturated rings. The van der Waals surface area contributed by atoms with Gasteiger partial charge in [-0.15, -0.1) is 0 Å². The normalized spacial score (nSPS) is 16.4. The van der Waals surface area contributed by atoms with Crippen molar-refractivity contribution in [2.24, 2.45) is 0 Å². The molecule has 0 aromatic heterocycles. The number of likely N-dealkylation sites (tertiary alicyclic amines) is 1. The van der Waals surface area contributed by atoms with Crippen LogP contribution in [0.5, 0.6) is 11.5 Å². The highest BCUT2D eigenvalue weighted by atomic mass is 16.5. The Kier molecular flexibility index (Phi) is 5.64. The highest BCUT2D eigenvalue weighted by Gasteiger charge is 2.30. The van der Waals surface area contributed by atoms with Crippen molar-refractivity contribution >= 4 is 11.8 Å². The Morgan fingerprint density at radius 1 is 1.26 bits per heavy atom. The van der Waals surface area contributed by atoms with E-state index in [1.54, 1.807) is 24.1 Å². The van der Waals surface area contributed by atoms with Crippen molar-refractivity contribution in [2.45, 2.75) is 25.8 Å². The Morgan fingerprint density at radius 2 is 2.00 bits per heavy atom. The maximum absolute atomic E-state index is 12.4.